The molecule has 0 aliphatic heterocycles. The smallest absolute Gasteiger partial charge is 0.181 e. The van der Waals surface area contributed by atoms with Crippen LogP contribution in [-0.4, -0.2) is 20.2 Å². The van der Waals surface area contributed by atoms with Gasteiger partial charge in [-0.3, -0.25) is 0 Å². The Labute approximate surface area is 107 Å². The second-order valence-electron chi connectivity index (χ2n) is 4.46. The molecule has 1 aromatic rings. The molecule has 5 heteroatoms. The zero-order chi connectivity index (χ0) is 12.5. The van der Waals surface area contributed by atoms with Crippen molar-refractivity contribution < 1.29 is 8.42 Å². The number of benzene rings is 1. The van der Waals surface area contributed by atoms with Gasteiger partial charge in [0.2, 0.25) is 0 Å². The molecule has 0 spiro atoms. The first-order valence-corrected chi connectivity index (χ1v) is 7.67. The van der Waals surface area contributed by atoms with Gasteiger partial charge >= 0.3 is 0 Å². The summed E-state index contributed by atoms with van der Waals surface area (Å²) < 4.78 is 24.8. The minimum atomic E-state index is -3.26. The van der Waals surface area contributed by atoms with Gasteiger partial charge in [-0.2, -0.15) is 0 Å². The van der Waals surface area contributed by atoms with Crippen molar-refractivity contribution in [1.82, 2.24) is 0 Å². The average molecular weight is 274 g/mol. The Bertz CT molecular complexity index is 484. The molecule has 2 rings (SSSR count). The lowest BCUT2D eigenvalue weighted by Crippen LogP contribution is -2.30. The van der Waals surface area contributed by atoms with Crippen LogP contribution in [0, 0.1) is 5.92 Å². The fourth-order valence-corrected chi connectivity index (χ4v) is 4.70. The fraction of sp³-hybridized carbons (Fsp3) is 0.500. The molecule has 3 nitrogen and oxygen atoms in total. The van der Waals surface area contributed by atoms with Crippen molar-refractivity contribution in [2.24, 2.45) is 11.7 Å². The SMILES string of the molecule is NCC1CCCC1S(=O)(=O)c1ccc(Cl)cc1. The molecule has 2 N–H and O–H groups in total. The monoisotopic (exact) mass is 273 g/mol. The Morgan fingerprint density at radius 1 is 1.24 bits per heavy atom. The molecular weight excluding hydrogens is 258 g/mol. The normalized spacial score (nSPS) is 25.1. The molecule has 0 saturated heterocycles. The van der Waals surface area contributed by atoms with Crippen molar-refractivity contribution in [3.8, 4) is 0 Å². The van der Waals surface area contributed by atoms with E-state index in [0.717, 1.165) is 12.8 Å². The Kier molecular flexibility index (Phi) is 3.76. The Morgan fingerprint density at radius 3 is 2.47 bits per heavy atom. The maximum absolute atomic E-state index is 12.4. The van der Waals surface area contributed by atoms with Gasteiger partial charge < -0.3 is 5.73 Å². The molecule has 0 amide bonds. The highest BCUT2D eigenvalue weighted by Crippen LogP contribution is 2.34. The van der Waals surface area contributed by atoms with Crippen LogP contribution in [0.25, 0.3) is 0 Å². The molecule has 17 heavy (non-hydrogen) atoms. The van der Waals surface area contributed by atoms with Gasteiger partial charge in [0.25, 0.3) is 0 Å². The molecule has 0 radical (unpaired) electrons. The van der Waals surface area contributed by atoms with Crippen LogP contribution in [0.2, 0.25) is 5.02 Å². The van der Waals surface area contributed by atoms with Crippen LogP contribution >= 0.6 is 11.6 Å². The van der Waals surface area contributed by atoms with Gasteiger partial charge in [0.1, 0.15) is 0 Å². The summed E-state index contributed by atoms with van der Waals surface area (Å²) in [6, 6.07) is 6.37. The van der Waals surface area contributed by atoms with Gasteiger partial charge in [0.05, 0.1) is 10.1 Å². The van der Waals surface area contributed by atoms with Crippen LogP contribution in [0.1, 0.15) is 19.3 Å². The van der Waals surface area contributed by atoms with Crippen LogP contribution < -0.4 is 5.73 Å². The molecule has 1 aliphatic rings. The third kappa shape index (κ3) is 2.49. The lowest BCUT2D eigenvalue weighted by Gasteiger charge is -2.18. The van der Waals surface area contributed by atoms with Gasteiger partial charge in [0.15, 0.2) is 9.84 Å². The minimum absolute atomic E-state index is 0.0932. The van der Waals surface area contributed by atoms with Crippen molar-refractivity contribution in [3.63, 3.8) is 0 Å². The Hall–Kier alpha value is -0.580. The summed E-state index contributed by atoms with van der Waals surface area (Å²) >= 11 is 5.76. The number of nitrogens with two attached hydrogens (primary N) is 1. The first-order chi connectivity index (χ1) is 8.05. The summed E-state index contributed by atoms with van der Waals surface area (Å²) in [7, 11) is -3.26. The van der Waals surface area contributed by atoms with Crippen LogP contribution in [0.15, 0.2) is 29.2 Å². The van der Waals surface area contributed by atoms with Gasteiger partial charge in [-0.1, -0.05) is 18.0 Å². The minimum Gasteiger partial charge on any atom is -0.330 e. The number of rotatable bonds is 3. The summed E-state index contributed by atoms with van der Waals surface area (Å²) in [5, 5.41) is 0.222. The molecule has 94 valence electrons. The van der Waals surface area contributed by atoms with Crippen LogP contribution in [0.4, 0.5) is 0 Å². The van der Waals surface area contributed by atoms with Gasteiger partial charge in [0, 0.05) is 5.02 Å². The molecule has 1 saturated carbocycles. The largest absolute Gasteiger partial charge is 0.330 e. The Morgan fingerprint density at radius 2 is 1.88 bits per heavy atom. The lowest BCUT2D eigenvalue weighted by molar-refractivity contribution is 0.524. The molecule has 2 unspecified atom stereocenters. The maximum Gasteiger partial charge on any atom is 0.181 e. The van der Waals surface area contributed by atoms with Crippen LogP contribution in [0.3, 0.4) is 0 Å². The second-order valence-corrected chi connectivity index (χ2v) is 7.07. The predicted molar refractivity (Wildman–Crippen MR) is 68.8 cm³/mol. The molecule has 2 atom stereocenters. The highest BCUT2D eigenvalue weighted by molar-refractivity contribution is 7.92. The number of sulfone groups is 1. The van der Waals surface area contributed by atoms with E-state index in [1.54, 1.807) is 24.3 Å². The first-order valence-electron chi connectivity index (χ1n) is 5.75. The highest BCUT2D eigenvalue weighted by atomic mass is 35.5. The fourth-order valence-electron chi connectivity index (χ4n) is 2.48. The van der Waals surface area contributed by atoms with E-state index in [1.807, 2.05) is 0 Å². The molecule has 0 heterocycles. The molecule has 0 aromatic heterocycles. The Balaban J connectivity index is 2.33. The quantitative estimate of drug-likeness (QED) is 0.919. The standard InChI is InChI=1S/C12H16ClNO2S/c13-10-4-6-11(7-5-10)17(15,16)12-3-1-2-9(12)8-14/h4-7,9,12H,1-3,8,14H2. The van der Waals surface area contributed by atoms with E-state index in [1.165, 1.54) is 0 Å². The lowest BCUT2D eigenvalue weighted by atomic mass is 10.1. The van der Waals surface area contributed by atoms with E-state index in [4.69, 9.17) is 17.3 Å². The second kappa shape index (κ2) is 4.96. The van der Waals surface area contributed by atoms with E-state index in [9.17, 15) is 8.42 Å². The zero-order valence-electron chi connectivity index (χ0n) is 9.47. The van der Waals surface area contributed by atoms with E-state index >= 15 is 0 Å². The molecule has 1 fully saturated rings. The van der Waals surface area contributed by atoms with Crippen LogP contribution in [0.5, 0.6) is 0 Å². The van der Waals surface area contributed by atoms with E-state index in [-0.39, 0.29) is 11.2 Å². The average Bonchev–Trinajstić information content (AvgIpc) is 2.78. The van der Waals surface area contributed by atoms with Crippen molar-refractivity contribution in [2.75, 3.05) is 6.54 Å². The molecular formula is C12H16ClNO2S. The van der Waals surface area contributed by atoms with Gasteiger partial charge in [-0.25, -0.2) is 8.42 Å². The third-order valence-corrected chi connectivity index (χ3v) is 6.03. The van der Waals surface area contributed by atoms with Crippen molar-refractivity contribution in [1.29, 1.82) is 0 Å². The molecule has 0 bridgehead atoms. The number of hydrogen-bond donors (Lipinski definition) is 1. The van der Waals surface area contributed by atoms with E-state index in [0.29, 0.717) is 22.9 Å². The number of halogens is 1. The summed E-state index contributed by atoms with van der Waals surface area (Å²) in [5.74, 6) is 0.0932. The molecule has 1 aromatic carbocycles. The van der Waals surface area contributed by atoms with Crippen molar-refractivity contribution >= 4 is 21.4 Å². The van der Waals surface area contributed by atoms with Crippen molar-refractivity contribution in [2.45, 2.75) is 29.4 Å². The first kappa shape index (κ1) is 12.9. The summed E-state index contributed by atoms with van der Waals surface area (Å²) in [4.78, 5) is 0.354. The van der Waals surface area contributed by atoms with E-state index < -0.39 is 9.84 Å². The summed E-state index contributed by atoms with van der Waals surface area (Å²) in [6.45, 7) is 0.442. The van der Waals surface area contributed by atoms with Gasteiger partial charge in [-0.05, 0) is 49.6 Å². The zero-order valence-corrected chi connectivity index (χ0v) is 11.0. The van der Waals surface area contributed by atoms with E-state index in [2.05, 4.69) is 0 Å². The maximum atomic E-state index is 12.4. The van der Waals surface area contributed by atoms with Crippen LogP contribution in [-0.2, 0) is 9.84 Å². The van der Waals surface area contributed by atoms with Gasteiger partial charge in [-0.15, -0.1) is 0 Å². The number of hydrogen-bond acceptors (Lipinski definition) is 3. The topological polar surface area (TPSA) is 60.2 Å². The molecule has 1 aliphatic carbocycles. The summed E-state index contributed by atoms with van der Waals surface area (Å²) in [6.07, 6.45) is 2.57. The highest BCUT2D eigenvalue weighted by Gasteiger charge is 2.37. The summed E-state index contributed by atoms with van der Waals surface area (Å²) in [5.41, 5.74) is 5.64. The predicted octanol–water partition coefficient (Wildman–Crippen LogP) is 2.24. The third-order valence-electron chi connectivity index (χ3n) is 3.43. The van der Waals surface area contributed by atoms with Crippen molar-refractivity contribution in [3.05, 3.63) is 29.3 Å².